The molecule has 0 aliphatic carbocycles. The molecule has 0 bridgehead atoms. The summed E-state index contributed by atoms with van der Waals surface area (Å²) in [6.45, 7) is 3.15. The first kappa shape index (κ1) is 9.52. The van der Waals surface area contributed by atoms with Crippen LogP contribution in [0, 0.1) is 0 Å². The zero-order valence-electron chi connectivity index (χ0n) is 8.71. The highest BCUT2D eigenvalue weighted by molar-refractivity contribution is 5.31. The van der Waals surface area contributed by atoms with Crippen LogP contribution < -0.4 is 10.2 Å². The van der Waals surface area contributed by atoms with Crippen molar-refractivity contribution in [3.8, 4) is 0 Å². The molecule has 0 radical (unpaired) electrons. The third-order valence-electron chi connectivity index (χ3n) is 2.64. The van der Waals surface area contributed by atoms with Gasteiger partial charge in [-0.1, -0.05) is 0 Å². The van der Waals surface area contributed by atoms with Crippen LogP contribution in [0.1, 0.15) is 25.0 Å². The number of rotatable bonds is 3. The van der Waals surface area contributed by atoms with E-state index < -0.39 is 0 Å². The summed E-state index contributed by atoms with van der Waals surface area (Å²) in [5.41, 5.74) is 1.16. The molecule has 2 rings (SSSR count). The Bertz CT molecular complexity index is 275. The molecule has 0 saturated carbocycles. The molecule has 1 aromatic rings. The van der Waals surface area contributed by atoms with E-state index >= 15 is 0 Å². The van der Waals surface area contributed by atoms with E-state index in [0.717, 1.165) is 31.3 Å². The third kappa shape index (κ3) is 2.07. The lowest BCUT2D eigenvalue weighted by Crippen LogP contribution is -2.30. The fraction of sp³-hybridized carbons (Fsp3) is 0.700. The van der Waals surface area contributed by atoms with Crippen molar-refractivity contribution in [2.45, 2.75) is 25.8 Å². The number of nitrogens with zero attached hydrogens (tertiary/aromatic N) is 2. The number of aromatic amines is 1. The van der Waals surface area contributed by atoms with E-state index in [-0.39, 0.29) is 0 Å². The number of anilines is 1. The first-order chi connectivity index (χ1) is 6.90. The standard InChI is InChI=1S/C10H18N4/c1-11-7-9-8-12-10(13-9)14-5-3-2-4-6-14/h8,11H,2-7H2,1H3,(H,12,13). The van der Waals surface area contributed by atoms with Crippen molar-refractivity contribution in [2.24, 2.45) is 0 Å². The van der Waals surface area contributed by atoms with Crippen molar-refractivity contribution in [2.75, 3.05) is 25.0 Å². The topological polar surface area (TPSA) is 44.0 Å². The van der Waals surface area contributed by atoms with Crippen LogP contribution >= 0.6 is 0 Å². The predicted octanol–water partition coefficient (Wildman–Crippen LogP) is 1.12. The smallest absolute Gasteiger partial charge is 0.202 e. The van der Waals surface area contributed by atoms with Gasteiger partial charge in [-0.2, -0.15) is 0 Å². The fourth-order valence-corrected chi connectivity index (χ4v) is 1.89. The van der Waals surface area contributed by atoms with Crippen LogP contribution in [-0.4, -0.2) is 30.1 Å². The number of hydrogen-bond acceptors (Lipinski definition) is 3. The summed E-state index contributed by atoms with van der Waals surface area (Å²) >= 11 is 0. The van der Waals surface area contributed by atoms with Gasteiger partial charge in [-0.15, -0.1) is 0 Å². The minimum atomic E-state index is 0.862. The Balaban J connectivity index is 2.00. The van der Waals surface area contributed by atoms with E-state index in [9.17, 15) is 0 Å². The van der Waals surface area contributed by atoms with E-state index in [1.807, 2.05) is 13.2 Å². The average Bonchev–Trinajstić information content (AvgIpc) is 2.68. The maximum absolute atomic E-state index is 4.39. The van der Waals surface area contributed by atoms with Gasteiger partial charge in [0, 0.05) is 19.6 Å². The summed E-state index contributed by atoms with van der Waals surface area (Å²) in [7, 11) is 1.95. The minimum Gasteiger partial charge on any atom is -0.342 e. The quantitative estimate of drug-likeness (QED) is 0.758. The van der Waals surface area contributed by atoms with Crippen molar-refractivity contribution in [1.82, 2.24) is 15.3 Å². The van der Waals surface area contributed by atoms with E-state index in [1.54, 1.807) is 0 Å². The van der Waals surface area contributed by atoms with Crippen LogP contribution in [0.25, 0.3) is 0 Å². The third-order valence-corrected chi connectivity index (χ3v) is 2.64. The summed E-state index contributed by atoms with van der Waals surface area (Å²) in [5, 5.41) is 3.11. The second-order valence-corrected chi connectivity index (χ2v) is 3.81. The Morgan fingerprint density at radius 3 is 2.93 bits per heavy atom. The molecule has 0 amide bonds. The highest BCUT2D eigenvalue weighted by Gasteiger charge is 2.13. The Morgan fingerprint density at radius 1 is 1.43 bits per heavy atom. The number of H-pyrrole nitrogens is 1. The maximum Gasteiger partial charge on any atom is 0.202 e. The number of hydrogen-bond donors (Lipinski definition) is 2. The molecule has 2 N–H and O–H groups in total. The van der Waals surface area contributed by atoms with Gasteiger partial charge in [0.05, 0.1) is 11.9 Å². The summed E-state index contributed by atoms with van der Waals surface area (Å²) in [5.74, 6) is 1.04. The van der Waals surface area contributed by atoms with Crippen LogP contribution in [0.15, 0.2) is 6.20 Å². The second kappa shape index (κ2) is 4.46. The molecule has 1 saturated heterocycles. The lowest BCUT2D eigenvalue weighted by Gasteiger charge is -2.25. The summed E-state index contributed by atoms with van der Waals surface area (Å²) in [6.07, 6.45) is 5.87. The lowest BCUT2D eigenvalue weighted by atomic mass is 10.1. The lowest BCUT2D eigenvalue weighted by molar-refractivity contribution is 0.569. The zero-order valence-corrected chi connectivity index (χ0v) is 8.71. The molecule has 0 atom stereocenters. The van der Waals surface area contributed by atoms with Crippen molar-refractivity contribution >= 4 is 5.95 Å². The van der Waals surface area contributed by atoms with E-state index in [2.05, 4.69) is 20.2 Å². The monoisotopic (exact) mass is 194 g/mol. The predicted molar refractivity (Wildman–Crippen MR) is 57.4 cm³/mol. The number of aromatic nitrogens is 2. The van der Waals surface area contributed by atoms with Crippen molar-refractivity contribution < 1.29 is 0 Å². The fourth-order valence-electron chi connectivity index (χ4n) is 1.89. The molecule has 0 unspecified atom stereocenters. The van der Waals surface area contributed by atoms with Gasteiger partial charge in [0.2, 0.25) is 5.95 Å². The Morgan fingerprint density at radius 2 is 2.21 bits per heavy atom. The zero-order chi connectivity index (χ0) is 9.80. The van der Waals surface area contributed by atoms with E-state index in [1.165, 1.54) is 19.3 Å². The van der Waals surface area contributed by atoms with Crippen LogP contribution in [0.4, 0.5) is 5.95 Å². The van der Waals surface area contributed by atoms with Gasteiger partial charge < -0.3 is 15.2 Å². The van der Waals surface area contributed by atoms with Gasteiger partial charge in [-0.3, -0.25) is 0 Å². The first-order valence-electron chi connectivity index (χ1n) is 5.33. The summed E-state index contributed by atoms with van der Waals surface area (Å²) in [4.78, 5) is 10.1. The SMILES string of the molecule is CNCc1cnc(N2CCCCC2)[nH]1. The molecule has 78 valence electrons. The number of nitrogens with one attached hydrogen (secondary N) is 2. The Kier molecular flexibility index (Phi) is 3.03. The highest BCUT2D eigenvalue weighted by Crippen LogP contribution is 2.15. The van der Waals surface area contributed by atoms with E-state index in [4.69, 9.17) is 0 Å². The Labute approximate surface area is 84.7 Å². The van der Waals surface area contributed by atoms with Crippen molar-refractivity contribution in [3.63, 3.8) is 0 Å². The minimum absolute atomic E-state index is 0.862. The number of imidazole rings is 1. The van der Waals surface area contributed by atoms with Crippen LogP contribution in [0.3, 0.4) is 0 Å². The summed E-state index contributed by atoms with van der Waals surface area (Å²) < 4.78 is 0. The molecule has 1 aliphatic heterocycles. The molecule has 1 aromatic heterocycles. The molecule has 2 heterocycles. The molecule has 0 spiro atoms. The van der Waals surface area contributed by atoms with Gasteiger partial charge in [0.25, 0.3) is 0 Å². The van der Waals surface area contributed by atoms with E-state index in [0.29, 0.717) is 0 Å². The Hall–Kier alpha value is -1.03. The second-order valence-electron chi connectivity index (χ2n) is 3.81. The van der Waals surface area contributed by atoms with Gasteiger partial charge >= 0.3 is 0 Å². The van der Waals surface area contributed by atoms with Gasteiger partial charge in [0.1, 0.15) is 0 Å². The molecule has 0 aromatic carbocycles. The van der Waals surface area contributed by atoms with Crippen LogP contribution in [-0.2, 0) is 6.54 Å². The first-order valence-corrected chi connectivity index (χ1v) is 5.33. The largest absolute Gasteiger partial charge is 0.342 e. The van der Waals surface area contributed by atoms with Crippen LogP contribution in [0.2, 0.25) is 0 Å². The normalized spacial score (nSPS) is 17.4. The maximum atomic E-state index is 4.39. The van der Waals surface area contributed by atoms with Gasteiger partial charge in [-0.25, -0.2) is 4.98 Å². The molecule has 4 nitrogen and oxygen atoms in total. The molecule has 1 fully saturated rings. The van der Waals surface area contributed by atoms with Gasteiger partial charge in [0.15, 0.2) is 0 Å². The molecular formula is C10H18N4. The highest BCUT2D eigenvalue weighted by atomic mass is 15.3. The summed E-state index contributed by atoms with van der Waals surface area (Å²) in [6, 6.07) is 0. The molecule has 4 heteroatoms. The average molecular weight is 194 g/mol. The van der Waals surface area contributed by atoms with Crippen molar-refractivity contribution in [1.29, 1.82) is 0 Å². The molecule has 1 aliphatic rings. The van der Waals surface area contributed by atoms with Crippen LogP contribution in [0.5, 0.6) is 0 Å². The number of piperidine rings is 1. The molecular weight excluding hydrogens is 176 g/mol. The van der Waals surface area contributed by atoms with Crippen molar-refractivity contribution in [3.05, 3.63) is 11.9 Å². The van der Waals surface area contributed by atoms with Gasteiger partial charge in [-0.05, 0) is 26.3 Å². The molecule has 14 heavy (non-hydrogen) atoms.